The topological polar surface area (TPSA) is 85.8 Å². The lowest BCUT2D eigenvalue weighted by molar-refractivity contribution is -0.115. The zero-order valence-electron chi connectivity index (χ0n) is 17.8. The van der Waals surface area contributed by atoms with E-state index < -0.39 is 5.25 Å². The van der Waals surface area contributed by atoms with Crippen LogP contribution in [0.1, 0.15) is 20.8 Å². The van der Waals surface area contributed by atoms with Crippen molar-refractivity contribution in [3.63, 3.8) is 0 Å². The summed E-state index contributed by atoms with van der Waals surface area (Å²) in [4.78, 5) is 17.2. The molecule has 7 nitrogen and oxygen atoms in total. The quantitative estimate of drug-likeness (QED) is 0.338. The number of aromatic nitrogens is 4. The minimum absolute atomic E-state index is 0.186. The zero-order valence-corrected chi connectivity index (χ0v) is 19.4. The molecule has 0 fully saturated rings. The molecule has 3 heterocycles. The fourth-order valence-electron chi connectivity index (χ4n) is 3.00. The summed E-state index contributed by atoms with van der Waals surface area (Å²) < 4.78 is 20.6. The summed E-state index contributed by atoms with van der Waals surface area (Å²) in [7, 11) is 0. The van der Waals surface area contributed by atoms with Gasteiger partial charge < -0.3 is 9.73 Å². The fourth-order valence-corrected chi connectivity index (χ4v) is 4.58. The highest BCUT2D eigenvalue weighted by atomic mass is 32.2. The number of thiazole rings is 1. The van der Waals surface area contributed by atoms with Gasteiger partial charge in [-0.25, -0.2) is 9.37 Å². The van der Waals surface area contributed by atoms with Crippen LogP contribution in [0.2, 0.25) is 0 Å². The average molecular weight is 472 g/mol. The number of rotatable bonds is 8. The molecule has 1 amide bonds. The molecule has 1 N–H and O–H groups in total. The first-order valence-corrected chi connectivity index (χ1v) is 11.8. The third kappa shape index (κ3) is 5.08. The molecule has 1 atom stereocenters. The van der Waals surface area contributed by atoms with Crippen LogP contribution in [0.25, 0.3) is 22.8 Å². The van der Waals surface area contributed by atoms with E-state index in [-0.39, 0.29) is 11.7 Å². The monoisotopic (exact) mass is 471 g/mol. The summed E-state index contributed by atoms with van der Waals surface area (Å²) in [5, 5.41) is 14.0. The summed E-state index contributed by atoms with van der Waals surface area (Å²) in [5.41, 5.74) is 1.48. The van der Waals surface area contributed by atoms with E-state index in [0.717, 1.165) is 5.56 Å². The van der Waals surface area contributed by atoms with E-state index in [2.05, 4.69) is 34.3 Å². The Morgan fingerprint density at radius 3 is 2.69 bits per heavy atom. The van der Waals surface area contributed by atoms with Gasteiger partial charge in [-0.2, -0.15) is 0 Å². The SMILES string of the molecule is CC(C)Cn1c(SC(C)C(=O)Nc2nc(-c3ccc(F)cc3)cs2)nnc1-c1ccco1. The van der Waals surface area contributed by atoms with Crippen LogP contribution >= 0.6 is 23.1 Å². The van der Waals surface area contributed by atoms with Gasteiger partial charge in [0.25, 0.3) is 0 Å². The molecule has 0 radical (unpaired) electrons. The van der Waals surface area contributed by atoms with E-state index >= 15 is 0 Å². The number of anilines is 1. The molecule has 0 bridgehead atoms. The maximum Gasteiger partial charge on any atom is 0.239 e. The molecule has 4 aromatic rings. The molecule has 0 aliphatic rings. The second-order valence-corrected chi connectivity index (χ2v) is 9.75. The first kappa shape index (κ1) is 22.2. The minimum Gasteiger partial charge on any atom is -0.461 e. The third-order valence-electron chi connectivity index (χ3n) is 4.53. The number of carbonyl (C=O) groups excluding carboxylic acids is 1. The van der Waals surface area contributed by atoms with Crippen molar-refractivity contribution in [1.82, 2.24) is 19.7 Å². The van der Waals surface area contributed by atoms with Crippen LogP contribution in [0, 0.1) is 11.7 Å². The van der Waals surface area contributed by atoms with Crippen molar-refractivity contribution in [2.24, 2.45) is 5.92 Å². The lowest BCUT2D eigenvalue weighted by Gasteiger charge is -2.14. The summed E-state index contributed by atoms with van der Waals surface area (Å²) in [6, 6.07) is 9.73. The molecule has 3 aromatic heterocycles. The molecule has 0 aliphatic carbocycles. The Bertz CT molecular complexity index is 1190. The summed E-state index contributed by atoms with van der Waals surface area (Å²) in [6.45, 7) is 6.73. The molecule has 0 saturated heterocycles. The van der Waals surface area contributed by atoms with Gasteiger partial charge in [0.2, 0.25) is 5.91 Å². The van der Waals surface area contributed by atoms with Gasteiger partial charge in [-0.05, 0) is 49.2 Å². The Balaban J connectivity index is 1.46. The van der Waals surface area contributed by atoms with Crippen molar-refractivity contribution in [2.45, 2.75) is 37.7 Å². The number of hydrogen-bond acceptors (Lipinski definition) is 7. The third-order valence-corrected chi connectivity index (χ3v) is 6.37. The lowest BCUT2D eigenvalue weighted by Crippen LogP contribution is -2.23. The molecular weight excluding hydrogens is 449 g/mol. The lowest BCUT2D eigenvalue weighted by atomic mass is 10.2. The highest BCUT2D eigenvalue weighted by Gasteiger charge is 2.23. The van der Waals surface area contributed by atoms with Crippen LogP contribution in [0.5, 0.6) is 0 Å². The number of nitrogens with zero attached hydrogens (tertiary/aromatic N) is 4. The van der Waals surface area contributed by atoms with Crippen LogP contribution < -0.4 is 5.32 Å². The van der Waals surface area contributed by atoms with E-state index in [1.807, 2.05) is 22.9 Å². The fraction of sp³-hybridized carbons (Fsp3) is 0.273. The maximum atomic E-state index is 13.1. The van der Waals surface area contributed by atoms with Crippen LogP contribution in [0.3, 0.4) is 0 Å². The number of benzene rings is 1. The Kier molecular flexibility index (Phi) is 6.71. The van der Waals surface area contributed by atoms with Crippen LogP contribution in [0.15, 0.2) is 57.6 Å². The molecule has 10 heteroatoms. The molecule has 4 rings (SSSR count). The largest absolute Gasteiger partial charge is 0.461 e. The Morgan fingerprint density at radius 2 is 2.00 bits per heavy atom. The number of thioether (sulfide) groups is 1. The van der Waals surface area contributed by atoms with Crippen LogP contribution in [-0.2, 0) is 11.3 Å². The smallest absolute Gasteiger partial charge is 0.239 e. The number of hydrogen-bond donors (Lipinski definition) is 1. The summed E-state index contributed by atoms with van der Waals surface area (Å²) in [6.07, 6.45) is 1.60. The van der Waals surface area contributed by atoms with Gasteiger partial charge >= 0.3 is 0 Å². The van der Waals surface area contributed by atoms with Gasteiger partial charge in [0.05, 0.1) is 17.2 Å². The van der Waals surface area contributed by atoms with Crippen LogP contribution in [-0.4, -0.2) is 30.9 Å². The van der Waals surface area contributed by atoms with Crippen molar-refractivity contribution in [1.29, 1.82) is 0 Å². The van der Waals surface area contributed by atoms with Gasteiger partial charge in [-0.3, -0.25) is 9.36 Å². The van der Waals surface area contributed by atoms with Crippen molar-refractivity contribution in [3.05, 3.63) is 53.9 Å². The van der Waals surface area contributed by atoms with E-state index in [4.69, 9.17) is 4.42 Å². The van der Waals surface area contributed by atoms with Gasteiger partial charge in [0.1, 0.15) is 5.82 Å². The number of halogens is 1. The molecule has 1 aromatic carbocycles. The number of amides is 1. The Labute approximate surface area is 193 Å². The van der Waals surface area contributed by atoms with Gasteiger partial charge in [-0.1, -0.05) is 25.6 Å². The van der Waals surface area contributed by atoms with Gasteiger partial charge in [0.15, 0.2) is 21.9 Å². The first-order chi connectivity index (χ1) is 15.4. The average Bonchev–Trinajstić information content (AvgIpc) is 3.50. The Morgan fingerprint density at radius 1 is 1.22 bits per heavy atom. The standard InChI is InChI=1S/C22H22FN5O2S2/c1-13(2)11-28-19(18-5-4-10-30-18)26-27-22(28)32-14(3)20(29)25-21-24-17(12-31-21)15-6-8-16(23)9-7-15/h4-10,12-14H,11H2,1-3H3,(H,24,25,29). The summed E-state index contributed by atoms with van der Waals surface area (Å²) >= 11 is 2.66. The molecule has 32 heavy (non-hydrogen) atoms. The highest BCUT2D eigenvalue weighted by molar-refractivity contribution is 8.00. The van der Waals surface area contributed by atoms with Crippen molar-refractivity contribution in [2.75, 3.05) is 5.32 Å². The second kappa shape index (κ2) is 9.66. The van der Waals surface area contributed by atoms with Gasteiger partial charge in [-0.15, -0.1) is 21.5 Å². The van der Waals surface area contributed by atoms with E-state index in [9.17, 15) is 9.18 Å². The van der Waals surface area contributed by atoms with E-state index in [1.165, 1.54) is 35.2 Å². The van der Waals surface area contributed by atoms with E-state index in [0.29, 0.717) is 40.0 Å². The van der Waals surface area contributed by atoms with E-state index in [1.54, 1.807) is 24.5 Å². The normalized spacial score (nSPS) is 12.3. The molecule has 0 aliphatic heterocycles. The molecule has 1 unspecified atom stereocenters. The van der Waals surface area contributed by atoms with Crippen LogP contribution in [0.4, 0.5) is 9.52 Å². The number of furan rings is 1. The Hall–Kier alpha value is -2.98. The first-order valence-electron chi connectivity index (χ1n) is 10.1. The van der Waals surface area contributed by atoms with Crippen molar-refractivity contribution < 1.29 is 13.6 Å². The maximum absolute atomic E-state index is 13.1. The van der Waals surface area contributed by atoms with Crippen molar-refractivity contribution >= 4 is 34.1 Å². The number of nitrogens with one attached hydrogen (secondary N) is 1. The van der Waals surface area contributed by atoms with Crippen molar-refractivity contribution in [3.8, 4) is 22.8 Å². The predicted octanol–water partition coefficient (Wildman–Crippen LogP) is 5.58. The summed E-state index contributed by atoms with van der Waals surface area (Å²) in [5.74, 6) is 1.15. The zero-order chi connectivity index (χ0) is 22.7. The second-order valence-electron chi connectivity index (χ2n) is 7.58. The highest BCUT2D eigenvalue weighted by Crippen LogP contribution is 2.30. The number of carbonyl (C=O) groups is 1. The predicted molar refractivity (Wildman–Crippen MR) is 124 cm³/mol. The minimum atomic E-state index is -0.423. The molecule has 0 spiro atoms. The molecule has 0 saturated carbocycles. The van der Waals surface area contributed by atoms with Gasteiger partial charge in [0, 0.05) is 17.5 Å². The molecular formula is C22H22FN5O2S2. The molecule has 166 valence electrons.